The molecular formula is C45H28N4S. The molecule has 10 rings (SSSR count). The Morgan fingerprint density at radius 2 is 0.920 bits per heavy atom. The van der Waals surface area contributed by atoms with E-state index in [9.17, 15) is 0 Å². The molecule has 10 aromatic rings. The molecule has 0 radical (unpaired) electrons. The second kappa shape index (κ2) is 11.6. The zero-order valence-electron chi connectivity index (χ0n) is 26.9. The minimum atomic E-state index is 0.649. The molecule has 0 atom stereocenters. The Hall–Kier alpha value is -6.43. The largest absolute Gasteiger partial charge is 0.308 e. The Kier molecular flexibility index (Phi) is 6.64. The van der Waals surface area contributed by atoms with E-state index >= 15 is 0 Å². The summed E-state index contributed by atoms with van der Waals surface area (Å²) in [6.45, 7) is 0. The number of para-hydroxylation sites is 1. The molecule has 0 N–H and O–H groups in total. The first-order chi connectivity index (χ1) is 24.8. The van der Waals surface area contributed by atoms with Crippen molar-refractivity contribution in [2.24, 2.45) is 0 Å². The molecule has 0 amide bonds. The van der Waals surface area contributed by atoms with Crippen molar-refractivity contribution in [2.45, 2.75) is 0 Å². The third-order valence-electron chi connectivity index (χ3n) is 9.46. The van der Waals surface area contributed by atoms with E-state index in [0.29, 0.717) is 17.5 Å². The summed E-state index contributed by atoms with van der Waals surface area (Å²) in [5.41, 5.74) is 8.74. The van der Waals surface area contributed by atoms with Crippen LogP contribution in [0.15, 0.2) is 170 Å². The lowest BCUT2D eigenvalue weighted by Crippen LogP contribution is -2.00. The highest BCUT2D eigenvalue weighted by Gasteiger charge is 2.18. The van der Waals surface area contributed by atoms with Crippen molar-refractivity contribution in [2.75, 3.05) is 0 Å². The monoisotopic (exact) mass is 656 g/mol. The van der Waals surface area contributed by atoms with Gasteiger partial charge in [0.15, 0.2) is 17.5 Å². The van der Waals surface area contributed by atoms with Crippen LogP contribution in [0.1, 0.15) is 0 Å². The van der Waals surface area contributed by atoms with E-state index in [1.54, 1.807) is 0 Å². The maximum atomic E-state index is 4.92. The fraction of sp³-hybridized carbons (Fsp3) is 0. The molecule has 0 saturated heterocycles. The molecule has 4 nitrogen and oxygen atoms in total. The molecule has 0 aliphatic heterocycles. The molecule has 3 aromatic heterocycles. The molecular weight excluding hydrogens is 629 g/mol. The summed E-state index contributed by atoms with van der Waals surface area (Å²) in [4.78, 5) is 14.7. The number of fused-ring (bicyclic) bond motifs is 7. The van der Waals surface area contributed by atoms with E-state index in [1.165, 1.54) is 42.0 Å². The molecule has 234 valence electrons. The molecule has 0 bridgehead atoms. The Balaban J connectivity index is 1.09. The molecule has 0 unspecified atom stereocenters. The highest BCUT2D eigenvalue weighted by atomic mass is 32.1. The quantitative estimate of drug-likeness (QED) is 0.185. The number of rotatable bonds is 5. The van der Waals surface area contributed by atoms with Gasteiger partial charge in [0.05, 0.1) is 15.7 Å². The predicted molar refractivity (Wildman–Crippen MR) is 209 cm³/mol. The average Bonchev–Trinajstić information content (AvgIpc) is 3.75. The minimum Gasteiger partial charge on any atom is -0.308 e. The third-order valence-corrected chi connectivity index (χ3v) is 10.7. The van der Waals surface area contributed by atoms with Crippen LogP contribution in [0.25, 0.3) is 93.0 Å². The van der Waals surface area contributed by atoms with Crippen LogP contribution in [0.2, 0.25) is 0 Å². The SMILES string of the molecule is c1ccc(-c2nc(-c3ccccc3)nc(-c3ccc(-c4cccc(-n5c6ccccc6c6ccc7c8ccccc8sc7c65)c4)cc3)n2)cc1. The van der Waals surface area contributed by atoms with Crippen molar-refractivity contribution in [3.63, 3.8) is 0 Å². The summed E-state index contributed by atoms with van der Waals surface area (Å²) < 4.78 is 5.07. The smallest absolute Gasteiger partial charge is 0.164 e. The molecule has 0 saturated carbocycles. The van der Waals surface area contributed by atoms with Gasteiger partial charge < -0.3 is 4.57 Å². The van der Waals surface area contributed by atoms with Crippen molar-refractivity contribution < 1.29 is 0 Å². The van der Waals surface area contributed by atoms with Crippen molar-refractivity contribution >= 4 is 53.3 Å². The normalized spacial score (nSPS) is 11.6. The third kappa shape index (κ3) is 4.71. The lowest BCUT2D eigenvalue weighted by molar-refractivity contribution is 1.07. The van der Waals surface area contributed by atoms with Crippen LogP contribution in [0.4, 0.5) is 0 Å². The fourth-order valence-corrected chi connectivity index (χ4v) is 8.31. The van der Waals surface area contributed by atoms with E-state index in [0.717, 1.165) is 33.5 Å². The van der Waals surface area contributed by atoms with Gasteiger partial charge in [0.25, 0.3) is 0 Å². The second-order valence-corrected chi connectivity index (χ2v) is 13.5. The first-order valence-corrected chi connectivity index (χ1v) is 17.5. The summed E-state index contributed by atoms with van der Waals surface area (Å²) in [6, 6.07) is 59.7. The minimum absolute atomic E-state index is 0.649. The van der Waals surface area contributed by atoms with Gasteiger partial charge in [-0.05, 0) is 35.4 Å². The van der Waals surface area contributed by atoms with Gasteiger partial charge in [-0.2, -0.15) is 0 Å². The molecule has 50 heavy (non-hydrogen) atoms. The first kappa shape index (κ1) is 28.6. The van der Waals surface area contributed by atoms with Crippen molar-refractivity contribution in [3.05, 3.63) is 170 Å². The second-order valence-electron chi connectivity index (χ2n) is 12.5. The van der Waals surface area contributed by atoms with E-state index < -0.39 is 0 Å². The number of aromatic nitrogens is 4. The summed E-state index contributed by atoms with van der Waals surface area (Å²) in [5, 5.41) is 5.15. The molecule has 0 spiro atoms. The molecule has 0 aliphatic rings. The molecule has 7 aromatic carbocycles. The van der Waals surface area contributed by atoms with E-state index in [4.69, 9.17) is 15.0 Å². The van der Waals surface area contributed by atoms with Gasteiger partial charge in [-0.15, -0.1) is 11.3 Å². The lowest BCUT2D eigenvalue weighted by atomic mass is 10.0. The molecule has 3 heterocycles. The summed E-state index contributed by atoms with van der Waals surface area (Å²) in [5.74, 6) is 1.96. The number of hydrogen-bond acceptors (Lipinski definition) is 4. The highest BCUT2D eigenvalue weighted by molar-refractivity contribution is 7.26. The molecule has 5 heteroatoms. The van der Waals surface area contributed by atoms with Crippen LogP contribution in [0.3, 0.4) is 0 Å². The van der Waals surface area contributed by atoms with Crippen molar-refractivity contribution in [1.29, 1.82) is 0 Å². The van der Waals surface area contributed by atoms with E-state index in [1.807, 2.05) is 72.0 Å². The Morgan fingerprint density at radius 1 is 0.380 bits per heavy atom. The topological polar surface area (TPSA) is 43.6 Å². The molecule has 0 aliphatic carbocycles. The van der Waals surface area contributed by atoms with Crippen LogP contribution in [-0.4, -0.2) is 19.5 Å². The number of hydrogen-bond donors (Lipinski definition) is 0. The van der Waals surface area contributed by atoms with Gasteiger partial charge in [0.2, 0.25) is 0 Å². The van der Waals surface area contributed by atoms with Gasteiger partial charge >= 0.3 is 0 Å². The van der Waals surface area contributed by atoms with Gasteiger partial charge in [-0.3, -0.25) is 0 Å². The number of nitrogens with zero attached hydrogens (tertiary/aromatic N) is 4. The van der Waals surface area contributed by atoms with Gasteiger partial charge in [0.1, 0.15) is 0 Å². The zero-order valence-corrected chi connectivity index (χ0v) is 27.7. The van der Waals surface area contributed by atoms with Crippen LogP contribution < -0.4 is 0 Å². The first-order valence-electron chi connectivity index (χ1n) is 16.7. The summed E-state index contributed by atoms with van der Waals surface area (Å²) in [6.07, 6.45) is 0. The van der Waals surface area contributed by atoms with E-state index in [2.05, 4.69) is 114 Å². The standard InChI is InChI=1S/C45H28N4S/c1-3-12-30(13-4-1)43-46-44(31-14-5-2-6-15-31)48-45(47-43)32-24-22-29(23-25-32)33-16-11-17-34(28-33)49-39-20-9-7-18-35(39)37-26-27-38-36-19-8-10-21-40(36)50-42(38)41(37)49/h1-28H. The maximum absolute atomic E-state index is 4.92. The lowest BCUT2D eigenvalue weighted by Gasteiger charge is -2.12. The van der Waals surface area contributed by atoms with Gasteiger partial charge in [0, 0.05) is 48.6 Å². The zero-order chi connectivity index (χ0) is 33.0. The van der Waals surface area contributed by atoms with Crippen LogP contribution in [0.5, 0.6) is 0 Å². The van der Waals surface area contributed by atoms with Crippen LogP contribution >= 0.6 is 11.3 Å². The van der Waals surface area contributed by atoms with Crippen molar-refractivity contribution in [1.82, 2.24) is 19.5 Å². The van der Waals surface area contributed by atoms with E-state index in [-0.39, 0.29) is 0 Å². The summed E-state index contributed by atoms with van der Waals surface area (Å²) >= 11 is 1.88. The van der Waals surface area contributed by atoms with Crippen LogP contribution in [0, 0.1) is 0 Å². The molecule has 0 fully saturated rings. The maximum Gasteiger partial charge on any atom is 0.164 e. The van der Waals surface area contributed by atoms with Gasteiger partial charge in [-0.1, -0.05) is 146 Å². The highest BCUT2D eigenvalue weighted by Crippen LogP contribution is 2.43. The fourth-order valence-electron chi connectivity index (χ4n) is 7.07. The Morgan fingerprint density at radius 3 is 1.62 bits per heavy atom. The van der Waals surface area contributed by atoms with Crippen LogP contribution in [-0.2, 0) is 0 Å². The predicted octanol–water partition coefficient (Wildman–Crippen LogP) is 12.0. The van der Waals surface area contributed by atoms with Gasteiger partial charge in [-0.25, -0.2) is 15.0 Å². The Labute approximate surface area is 292 Å². The van der Waals surface area contributed by atoms with Crippen molar-refractivity contribution in [3.8, 4) is 51.0 Å². The Bertz CT molecular complexity index is 2800. The number of thiophene rings is 1. The number of benzene rings is 7. The average molecular weight is 657 g/mol. The summed E-state index contributed by atoms with van der Waals surface area (Å²) in [7, 11) is 0.